The van der Waals surface area contributed by atoms with Crippen molar-refractivity contribution in [2.24, 2.45) is 0 Å². The average Bonchev–Trinajstić information content (AvgIpc) is 2.28. The molecule has 0 spiro atoms. The van der Waals surface area contributed by atoms with E-state index in [1.54, 1.807) is 0 Å². The SMILES string of the molecule is CN1CCN(c2cccc(Br)c2)C(CC(=O)O)C1. The molecule has 98 valence electrons. The van der Waals surface area contributed by atoms with Crippen LogP contribution in [0.3, 0.4) is 0 Å². The van der Waals surface area contributed by atoms with Gasteiger partial charge < -0.3 is 14.9 Å². The number of carboxylic acid groups (broad SMARTS) is 1. The molecule has 18 heavy (non-hydrogen) atoms. The van der Waals surface area contributed by atoms with E-state index in [9.17, 15) is 4.79 Å². The highest BCUT2D eigenvalue weighted by molar-refractivity contribution is 9.10. The molecule has 0 aromatic heterocycles. The number of benzene rings is 1. The van der Waals surface area contributed by atoms with E-state index in [-0.39, 0.29) is 12.5 Å². The van der Waals surface area contributed by atoms with Crippen molar-refractivity contribution in [1.82, 2.24) is 4.90 Å². The van der Waals surface area contributed by atoms with Crippen LogP contribution in [0, 0.1) is 0 Å². The largest absolute Gasteiger partial charge is 0.481 e. The summed E-state index contributed by atoms with van der Waals surface area (Å²) in [6.45, 7) is 2.62. The Balaban J connectivity index is 2.20. The predicted molar refractivity (Wildman–Crippen MR) is 75.0 cm³/mol. The third kappa shape index (κ3) is 3.23. The van der Waals surface area contributed by atoms with E-state index in [0.29, 0.717) is 0 Å². The fourth-order valence-corrected chi connectivity index (χ4v) is 2.77. The minimum Gasteiger partial charge on any atom is -0.481 e. The van der Waals surface area contributed by atoms with Crippen LogP contribution in [-0.4, -0.2) is 48.7 Å². The quantitative estimate of drug-likeness (QED) is 0.927. The van der Waals surface area contributed by atoms with Crippen molar-refractivity contribution in [2.45, 2.75) is 12.5 Å². The maximum Gasteiger partial charge on any atom is 0.305 e. The zero-order chi connectivity index (χ0) is 13.1. The van der Waals surface area contributed by atoms with Crippen molar-refractivity contribution in [3.63, 3.8) is 0 Å². The molecular formula is C13H17BrN2O2. The van der Waals surface area contributed by atoms with E-state index in [0.717, 1.165) is 29.8 Å². The zero-order valence-electron chi connectivity index (χ0n) is 10.3. The Kier molecular flexibility index (Phi) is 4.24. The number of halogens is 1. The van der Waals surface area contributed by atoms with Crippen LogP contribution in [0.25, 0.3) is 0 Å². The lowest BCUT2D eigenvalue weighted by atomic mass is 10.1. The van der Waals surface area contributed by atoms with Crippen LogP contribution < -0.4 is 4.90 Å². The first-order chi connectivity index (χ1) is 8.56. The molecule has 2 rings (SSSR count). The fourth-order valence-electron chi connectivity index (χ4n) is 2.38. The Bertz CT molecular complexity index is 439. The summed E-state index contributed by atoms with van der Waals surface area (Å²) in [6.07, 6.45) is 0.177. The van der Waals surface area contributed by atoms with Crippen LogP contribution in [0.15, 0.2) is 28.7 Å². The number of rotatable bonds is 3. The summed E-state index contributed by atoms with van der Waals surface area (Å²) in [5.41, 5.74) is 1.09. The summed E-state index contributed by atoms with van der Waals surface area (Å²) in [4.78, 5) is 15.3. The van der Waals surface area contributed by atoms with Gasteiger partial charge in [0, 0.05) is 29.8 Å². The molecule has 0 bridgehead atoms. The molecule has 1 N–H and O–H groups in total. The molecular weight excluding hydrogens is 296 g/mol. The first kappa shape index (κ1) is 13.4. The molecule has 1 aliphatic heterocycles. The second kappa shape index (κ2) is 5.71. The lowest BCUT2D eigenvalue weighted by molar-refractivity contribution is -0.137. The number of anilines is 1. The van der Waals surface area contributed by atoms with Crippen molar-refractivity contribution in [1.29, 1.82) is 0 Å². The Morgan fingerprint density at radius 3 is 2.94 bits per heavy atom. The van der Waals surface area contributed by atoms with Crippen LogP contribution in [0.5, 0.6) is 0 Å². The van der Waals surface area contributed by atoms with Crippen molar-refractivity contribution < 1.29 is 9.90 Å². The molecule has 1 aromatic rings. The van der Waals surface area contributed by atoms with Gasteiger partial charge in [0.1, 0.15) is 0 Å². The monoisotopic (exact) mass is 312 g/mol. The molecule has 4 nitrogen and oxygen atoms in total. The summed E-state index contributed by atoms with van der Waals surface area (Å²) in [5.74, 6) is -0.740. The Hall–Kier alpha value is -1.07. The second-order valence-corrected chi connectivity index (χ2v) is 5.60. The number of carbonyl (C=O) groups is 1. The molecule has 1 saturated heterocycles. The molecule has 0 saturated carbocycles. The van der Waals surface area contributed by atoms with Crippen LogP contribution >= 0.6 is 15.9 Å². The highest BCUT2D eigenvalue weighted by atomic mass is 79.9. The van der Waals surface area contributed by atoms with E-state index in [4.69, 9.17) is 5.11 Å². The lowest BCUT2D eigenvalue weighted by Crippen LogP contribution is -2.52. The van der Waals surface area contributed by atoms with Crippen molar-refractivity contribution >= 4 is 27.6 Å². The number of nitrogens with zero attached hydrogens (tertiary/aromatic N) is 2. The molecule has 1 heterocycles. The number of hydrogen-bond donors (Lipinski definition) is 1. The van der Waals surface area contributed by atoms with Crippen LogP contribution in [0.2, 0.25) is 0 Å². The molecule has 1 unspecified atom stereocenters. The van der Waals surface area contributed by atoms with Crippen molar-refractivity contribution in [3.8, 4) is 0 Å². The normalized spacial score (nSPS) is 21.0. The molecule has 5 heteroatoms. The van der Waals surface area contributed by atoms with E-state index in [1.165, 1.54) is 0 Å². The van der Waals surface area contributed by atoms with E-state index < -0.39 is 5.97 Å². The average molecular weight is 313 g/mol. The standard InChI is InChI=1S/C13H17BrN2O2/c1-15-5-6-16(12(9-15)8-13(17)18)11-4-2-3-10(14)7-11/h2-4,7,12H,5-6,8-9H2,1H3,(H,17,18). The topological polar surface area (TPSA) is 43.8 Å². The van der Waals surface area contributed by atoms with Crippen LogP contribution in [0.1, 0.15) is 6.42 Å². The van der Waals surface area contributed by atoms with Gasteiger partial charge in [0.05, 0.1) is 12.5 Å². The van der Waals surface area contributed by atoms with Gasteiger partial charge in [-0.1, -0.05) is 22.0 Å². The number of likely N-dealkylation sites (N-methyl/N-ethyl adjacent to an activating group) is 1. The fraction of sp³-hybridized carbons (Fsp3) is 0.462. The number of aliphatic carboxylic acids is 1. The lowest BCUT2D eigenvalue weighted by Gasteiger charge is -2.41. The molecule has 0 radical (unpaired) electrons. The zero-order valence-corrected chi connectivity index (χ0v) is 11.9. The van der Waals surface area contributed by atoms with Crippen LogP contribution in [0.4, 0.5) is 5.69 Å². The third-order valence-electron chi connectivity index (χ3n) is 3.24. The number of hydrogen-bond acceptors (Lipinski definition) is 3. The Morgan fingerprint density at radius 2 is 2.28 bits per heavy atom. The van der Waals surface area contributed by atoms with Gasteiger partial charge in [0.15, 0.2) is 0 Å². The van der Waals surface area contributed by atoms with Gasteiger partial charge >= 0.3 is 5.97 Å². The molecule has 1 aromatic carbocycles. The summed E-state index contributed by atoms with van der Waals surface area (Å²) in [7, 11) is 2.03. The van der Waals surface area contributed by atoms with Gasteiger partial charge in [-0.2, -0.15) is 0 Å². The first-order valence-corrected chi connectivity index (χ1v) is 6.78. The molecule has 1 aliphatic rings. The predicted octanol–water partition coefficient (Wildman–Crippen LogP) is 2.04. The highest BCUT2D eigenvalue weighted by Gasteiger charge is 2.27. The number of carboxylic acids is 1. The molecule has 1 atom stereocenters. The van der Waals surface area contributed by atoms with Gasteiger partial charge in [0.25, 0.3) is 0 Å². The van der Waals surface area contributed by atoms with Gasteiger partial charge in [-0.15, -0.1) is 0 Å². The Labute approximate surface area is 115 Å². The Morgan fingerprint density at radius 1 is 1.50 bits per heavy atom. The summed E-state index contributed by atoms with van der Waals surface area (Å²) >= 11 is 3.46. The molecule has 1 fully saturated rings. The number of piperazine rings is 1. The van der Waals surface area contributed by atoms with E-state index in [1.807, 2.05) is 31.3 Å². The maximum absolute atomic E-state index is 11.0. The minimum atomic E-state index is -0.740. The first-order valence-electron chi connectivity index (χ1n) is 5.99. The molecule has 0 aliphatic carbocycles. The second-order valence-electron chi connectivity index (χ2n) is 4.69. The summed E-state index contributed by atoms with van der Waals surface area (Å²) in [6, 6.07) is 8.07. The minimum absolute atomic E-state index is 0.0375. The van der Waals surface area contributed by atoms with E-state index in [2.05, 4.69) is 25.7 Å². The van der Waals surface area contributed by atoms with Crippen molar-refractivity contribution in [3.05, 3.63) is 28.7 Å². The van der Waals surface area contributed by atoms with Crippen LogP contribution in [-0.2, 0) is 4.79 Å². The van der Waals surface area contributed by atoms with Gasteiger partial charge in [-0.05, 0) is 25.2 Å². The molecule has 0 amide bonds. The van der Waals surface area contributed by atoms with Gasteiger partial charge in [0.2, 0.25) is 0 Å². The third-order valence-corrected chi connectivity index (χ3v) is 3.73. The summed E-state index contributed by atoms with van der Waals surface area (Å²) in [5, 5.41) is 9.02. The highest BCUT2D eigenvalue weighted by Crippen LogP contribution is 2.25. The van der Waals surface area contributed by atoms with E-state index >= 15 is 0 Å². The van der Waals surface area contributed by atoms with Crippen molar-refractivity contribution in [2.75, 3.05) is 31.6 Å². The maximum atomic E-state index is 11.0. The smallest absolute Gasteiger partial charge is 0.305 e. The van der Waals surface area contributed by atoms with Gasteiger partial charge in [-0.3, -0.25) is 4.79 Å². The van der Waals surface area contributed by atoms with Gasteiger partial charge in [-0.25, -0.2) is 0 Å². The summed E-state index contributed by atoms with van der Waals surface area (Å²) < 4.78 is 1.02.